The van der Waals surface area contributed by atoms with Crippen LogP contribution in [0.1, 0.15) is 48.6 Å². The van der Waals surface area contributed by atoms with E-state index in [0.29, 0.717) is 26.2 Å². The largest absolute Gasteiger partial charge is 0.489 e. The molecule has 0 radical (unpaired) electrons. The van der Waals surface area contributed by atoms with E-state index in [-0.39, 0.29) is 11.3 Å². The molecule has 1 saturated heterocycles. The smallest absolute Gasteiger partial charge is 0.222 e. The van der Waals surface area contributed by atoms with E-state index < -0.39 is 0 Å². The Bertz CT molecular complexity index is 784. The number of rotatable bonds is 9. The molecule has 156 valence electrons. The zero-order chi connectivity index (χ0) is 20.6. The van der Waals surface area contributed by atoms with Crippen molar-refractivity contribution in [1.82, 2.24) is 4.90 Å². The molecule has 1 heterocycles. The SMILES string of the molecule is CCc1cccc(CC)c1COc1ccc(C2CN(CCC(=O)Cl)CCO2)cc1. The minimum absolute atomic E-state index is 0.00994. The minimum Gasteiger partial charge on any atom is -0.489 e. The Labute approximate surface area is 178 Å². The van der Waals surface area contributed by atoms with E-state index in [9.17, 15) is 4.79 Å². The first-order chi connectivity index (χ1) is 14.1. The second-order valence-corrected chi connectivity index (χ2v) is 7.81. The highest BCUT2D eigenvalue weighted by molar-refractivity contribution is 6.63. The number of benzene rings is 2. The Morgan fingerprint density at radius 3 is 2.45 bits per heavy atom. The first kappa shape index (κ1) is 21.8. The zero-order valence-electron chi connectivity index (χ0n) is 17.3. The number of nitrogens with zero attached hydrogens (tertiary/aromatic N) is 1. The topological polar surface area (TPSA) is 38.8 Å². The van der Waals surface area contributed by atoms with Gasteiger partial charge in [-0.1, -0.05) is 44.2 Å². The molecule has 1 fully saturated rings. The van der Waals surface area contributed by atoms with Crippen LogP contribution in [0.25, 0.3) is 0 Å². The van der Waals surface area contributed by atoms with Gasteiger partial charge in [0.15, 0.2) is 0 Å². The molecular formula is C24H30ClNO3. The lowest BCUT2D eigenvalue weighted by atomic mass is 9.98. The molecule has 0 spiro atoms. The maximum atomic E-state index is 11.0. The molecule has 29 heavy (non-hydrogen) atoms. The normalized spacial score (nSPS) is 17.3. The van der Waals surface area contributed by atoms with Crippen LogP contribution >= 0.6 is 11.6 Å². The quantitative estimate of drug-likeness (QED) is 0.545. The Hall–Kier alpha value is -1.88. The molecule has 1 aliphatic rings. The van der Waals surface area contributed by atoms with Crippen molar-refractivity contribution in [3.8, 4) is 5.75 Å². The summed E-state index contributed by atoms with van der Waals surface area (Å²) in [6.07, 6.45) is 2.41. The molecule has 2 aromatic rings. The number of carbonyl (C=O) groups excluding carboxylic acids is 1. The molecule has 0 amide bonds. The van der Waals surface area contributed by atoms with Crippen LogP contribution in [0.4, 0.5) is 0 Å². The van der Waals surface area contributed by atoms with Gasteiger partial charge in [0.2, 0.25) is 5.24 Å². The standard InChI is InChI=1S/C24H30ClNO3/c1-3-18-6-5-7-19(4-2)22(18)17-29-21-10-8-20(9-11-21)23-16-26(14-15-28-23)13-12-24(25)27/h5-11,23H,3-4,12-17H2,1-2H3. The maximum Gasteiger partial charge on any atom is 0.222 e. The Kier molecular flexibility index (Phi) is 8.10. The number of halogens is 1. The third-order valence-electron chi connectivity index (χ3n) is 5.54. The molecule has 0 bridgehead atoms. The average Bonchev–Trinajstić information content (AvgIpc) is 2.76. The molecular weight excluding hydrogens is 386 g/mol. The molecule has 0 aliphatic carbocycles. The van der Waals surface area contributed by atoms with Crippen molar-refractivity contribution in [3.63, 3.8) is 0 Å². The van der Waals surface area contributed by atoms with Crippen molar-refractivity contribution >= 4 is 16.8 Å². The van der Waals surface area contributed by atoms with Gasteiger partial charge in [-0.3, -0.25) is 9.69 Å². The van der Waals surface area contributed by atoms with Crippen LogP contribution < -0.4 is 4.74 Å². The number of hydrogen-bond acceptors (Lipinski definition) is 4. The average molecular weight is 416 g/mol. The second-order valence-electron chi connectivity index (χ2n) is 7.38. The predicted molar refractivity (Wildman–Crippen MR) is 117 cm³/mol. The van der Waals surface area contributed by atoms with Crippen LogP contribution in [-0.2, 0) is 29.0 Å². The van der Waals surface area contributed by atoms with Gasteiger partial charge >= 0.3 is 0 Å². The zero-order valence-corrected chi connectivity index (χ0v) is 18.1. The van der Waals surface area contributed by atoms with Gasteiger partial charge < -0.3 is 9.47 Å². The highest BCUT2D eigenvalue weighted by Crippen LogP contribution is 2.26. The van der Waals surface area contributed by atoms with Crippen molar-refractivity contribution in [2.24, 2.45) is 0 Å². The molecule has 2 aromatic carbocycles. The van der Waals surface area contributed by atoms with Crippen LogP contribution in [0.3, 0.4) is 0 Å². The summed E-state index contributed by atoms with van der Waals surface area (Å²) in [5.74, 6) is 0.863. The lowest BCUT2D eigenvalue weighted by Gasteiger charge is -2.32. The fourth-order valence-corrected chi connectivity index (χ4v) is 3.91. The molecule has 1 unspecified atom stereocenters. The summed E-state index contributed by atoms with van der Waals surface area (Å²) in [4.78, 5) is 13.2. The highest BCUT2D eigenvalue weighted by atomic mass is 35.5. The number of hydrogen-bond donors (Lipinski definition) is 0. The molecule has 0 aromatic heterocycles. The summed E-state index contributed by atoms with van der Waals surface area (Å²) in [5.41, 5.74) is 5.14. The predicted octanol–water partition coefficient (Wildman–Crippen LogP) is 4.92. The lowest BCUT2D eigenvalue weighted by molar-refractivity contribution is -0.112. The molecule has 4 nitrogen and oxygen atoms in total. The first-order valence-corrected chi connectivity index (χ1v) is 10.8. The van der Waals surface area contributed by atoms with Gasteiger partial charge in [-0.25, -0.2) is 0 Å². The summed E-state index contributed by atoms with van der Waals surface area (Å²) in [7, 11) is 0. The number of carbonyl (C=O) groups is 1. The Morgan fingerprint density at radius 2 is 1.83 bits per heavy atom. The van der Waals surface area contributed by atoms with Crippen LogP contribution in [0.5, 0.6) is 5.75 Å². The van der Waals surface area contributed by atoms with Gasteiger partial charge in [0, 0.05) is 26.1 Å². The van der Waals surface area contributed by atoms with Crippen LogP contribution in [0, 0.1) is 0 Å². The van der Waals surface area contributed by atoms with Gasteiger partial charge in [-0.05, 0) is 58.8 Å². The van der Waals surface area contributed by atoms with Crippen molar-refractivity contribution in [3.05, 3.63) is 64.7 Å². The summed E-state index contributed by atoms with van der Waals surface area (Å²) in [6, 6.07) is 14.7. The van der Waals surface area contributed by atoms with Gasteiger partial charge in [0.05, 0.1) is 12.7 Å². The number of aryl methyl sites for hydroxylation is 2. The number of morpholine rings is 1. The molecule has 0 N–H and O–H groups in total. The van der Waals surface area contributed by atoms with Crippen molar-refractivity contribution < 1.29 is 14.3 Å². The second kappa shape index (κ2) is 10.8. The van der Waals surface area contributed by atoms with Gasteiger partial charge in [-0.2, -0.15) is 0 Å². The van der Waals surface area contributed by atoms with Crippen LogP contribution in [0.2, 0.25) is 0 Å². The van der Waals surface area contributed by atoms with E-state index in [1.54, 1.807) is 0 Å². The summed E-state index contributed by atoms with van der Waals surface area (Å²) in [5, 5.41) is -0.287. The van der Waals surface area contributed by atoms with Crippen LogP contribution in [0.15, 0.2) is 42.5 Å². The van der Waals surface area contributed by atoms with E-state index in [1.807, 2.05) is 12.1 Å². The fraction of sp³-hybridized carbons (Fsp3) is 0.458. The van der Waals surface area contributed by atoms with E-state index in [0.717, 1.165) is 37.2 Å². The van der Waals surface area contributed by atoms with E-state index in [4.69, 9.17) is 21.1 Å². The van der Waals surface area contributed by atoms with Gasteiger partial charge in [0.1, 0.15) is 12.4 Å². The van der Waals surface area contributed by atoms with Crippen LogP contribution in [-0.4, -0.2) is 36.4 Å². The maximum absolute atomic E-state index is 11.0. The lowest BCUT2D eigenvalue weighted by Crippen LogP contribution is -2.39. The Morgan fingerprint density at radius 1 is 1.14 bits per heavy atom. The molecule has 1 atom stereocenters. The summed E-state index contributed by atoms with van der Waals surface area (Å²) in [6.45, 7) is 7.90. The fourth-order valence-electron chi connectivity index (χ4n) is 3.82. The minimum atomic E-state index is -0.287. The number of ether oxygens (including phenoxy) is 2. The highest BCUT2D eigenvalue weighted by Gasteiger charge is 2.22. The molecule has 3 rings (SSSR count). The van der Waals surface area contributed by atoms with Gasteiger partial charge in [-0.15, -0.1) is 0 Å². The van der Waals surface area contributed by atoms with E-state index in [2.05, 4.69) is 49.1 Å². The third-order valence-corrected chi connectivity index (χ3v) is 5.73. The summed E-state index contributed by atoms with van der Waals surface area (Å²) < 4.78 is 12.0. The van der Waals surface area contributed by atoms with E-state index in [1.165, 1.54) is 16.7 Å². The molecule has 5 heteroatoms. The van der Waals surface area contributed by atoms with Crippen molar-refractivity contribution in [1.29, 1.82) is 0 Å². The first-order valence-electron chi connectivity index (χ1n) is 10.4. The molecule has 1 aliphatic heterocycles. The molecule has 0 saturated carbocycles. The summed E-state index contributed by atoms with van der Waals surface area (Å²) >= 11 is 5.47. The van der Waals surface area contributed by atoms with Crippen molar-refractivity contribution in [2.75, 3.05) is 26.2 Å². The third kappa shape index (κ3) is 6.05. The van der Waals surface area contributed by atoms with Gasteiger partial charge in [0.25, 0.3) is 0 Å². The van der Waals surface area contributed by atoms with Crippen molar-refractivity contribution in [2.45, 2.75) is 45.8 Å². The van der Waals surface area contributed by atoms with E-state index >= 15 is 0 Å². The monoisotopic (exact) mass is 415 g/mol. The Balaban J connectivity index is 1.60.